The smallest absolute Gasteiger partial charge is 0.271 e. The Kier molecular flexibility index (Phi) is 7.09. The summed E-state index contributed by atoms with van der Waals surface area (Å²) in [4.78, 5) is 26.0. The van der Waals surface area contributed by atoms with Crippen LogP contribution in [-0.4, -0.2) is 41.0 Å². The fourth-order valence-corrected chi connectivity index (χ4v) is 2.91. The predicted molar refractivity (Wildman–Crippen MR) is 112 cm³/mol. The molecule has 1 atom stereocenters. The normalized spacial score (nSPS) is 17.1. The van der Waals surface area contributed by atoms with Crippen molar-refractivity contribution < 1.29 is 14.7 Å². The first-order valence-electron chi connectivity index (χ1n) is 9.60. The molecule has 1 N–H and O–H groups in total. The second-order valence-electron chi connectivity index (χ2n) is 6.71. The molecular weight excluding hydrogens is 396 g/mol. The first-order chi connectivity index (χ1) is 15.0. The number of carbonyl (C=O) groups excluding carboxylic acids is 2. The second-order valence-corrected chi connectivity index (χ2v) is 6.71. The number of aliphatic hydroxyl groups is 1. The van der Waals surface area contributed by atoms with Gasteiger partial charge in [0.25, 0.3) is 11.8 Å². The zero-order valence-corrected chi connectivity index (χ0v) is 16.8. The van der Waals surface area contributed by atoms with Crippen molar-refractivity contribution in [2.24, 2.45) is 20.5 Å². The number of aliphatic hydroxyl groups excluding tert-OH is 1. The highest BCUT2D eigenvalue weighted by molar-refractivity contribution is 6.12. The molecule has 0 bridgehead atoms. The summed E-state index contributed by atoms with van der Waals surface area (Å²) < 4.78 is 0. The molecule has 1 aliphatic heterocycles. The molecule has 0 saturated carbocycles. The third-order valence-corrected chi connectivity index (χ3v) is 4.59. The van der Waals surface area contributed by atoms with E-state index in [1.54, 1.807) is 24.3 Å². The Morgan fingerprint density at radius 2 is 1.55 bits per heavy atom. The average molecular weight is 416 g/mol. The minimum Gasteiger partial charge on any atom is -0.396 e. The average Bonchev–Trinajstić information content (AvgIpc) is 2.79. The lowest BCUT2D eigenvalue weighted by molar-refractivity contribution is -0.144. The van der Waals surface area contributed by atoms with Crippen molar-refractivity contribution in [3.63, 3.8) is 0 Å². The summed E-state index contributed by atoms with van der Waals surface area (Å²) in [6.45, 7) is 1.36. The number of rotatable bonds is 7. The Hall–Kier alpha value is -4.03. The van der Waals surface area contributed by atoms with Crippen LogP contribution in [0.3, 0.4) is 0 Å². The van der Waals surface area contributed by atoms with Gasteiger partial charge >= 0.3 is 0 Å². The number of amides is 2. The zero-order chi connectivity index (χ0) is 22.2. The zero-order valence-electron chi connectivity index (χ0n) is 16.8. The van der Waals surface area contributed by atoms with Gasteiger partial charge in [-0.05, 0) is 55.3 Å². The van der Waals surface area contributed by atoms with Crippen LogP contribution in [0.4, 0.5) is 17.1 Å². The van der Waals surface area contributed by atoms with Gasteiger partial charge in [-0.3, -0.25) is 14.5 Å². The van der Waals surface area contributed by atoms with Gasteiger partial charge in [-0.1, -0.05) is 18.2 Å². The largest absolute Gasteiger partial charge is 0.396 e. The van der Waals surface area contributed by atoms with Crippen molar-refractivity contribution in [2.75, 3.05) is 13.2 Å². The molecule has 2 aromatic carbocycles. The minimum atomic E-state index is -1.07. The number of nitriles is 1. The Labute approximate surface area is 179 Å². The van der Waals surface area contributed by atoms with E-state index in [4.69, 9.17) is 5.11 Å². The third-order valence-electron chi connectivity index (χ3n) is 4.59. The maximum absolute atomic E-state index is 12.7. The molecule has 1 unspecified atom stereocenters. The van der Waals surface area contributed by atoms with Crippen LogP contribution in [0.1, 0.15) is 13.3 Å². The van der Waals surface area contributed by atoms with E-state index in [1.165, 1.54) is 6.92 Å². The quantitative estimate of drug-likeness (QED) is 0.536. The molecule has 1 heterocycles. The van der Waals surface area contributed by atoms with E-state index in [0.29, 0.717) is 11.4 Å². The van der Waals surface area contributed by atoms with Crippen LogP contribution < -0.4 is 0 Å². The van der Waals surface area contributed by atoms with Crippen molar-refractivity contribution in [1.29, 1.82) is 5.26 Å². The number of carbonyl (C=O) groups is 2. The lowest BCUT2D eigenvalue weighted by atomic mass is 9.96. The highest BCUT2D eigenvalue weighted by Crippen LogP contribution is 2.26. The Morgan fingerprint density at radius 1 is 0.968 bits per heavy atom. The lowest BCUT2D eigenvalue weighted by Gasteiger charge is -2.28. The van der Waals surface area contributed by atoms with Gasteiger partial charge in [-0.25, -0.2) is 0 Å². The molecule has 2 aromatic rings. The predicted octanol–water partition coefficient (Wildman–Crippen LogP) is 4.15. The molecule has 31 heavy (non-hydrogen) atoms. The van der Waals surface area contributed by atoms with Crippen LogP contribution in [0, 0.1) is 11.3 Å². The number of nitrogens with zero attached hydrogens (tertiary/aromatic N) is 6. The molecule has 2 amide bonds. The monoisotopic (exact) mass is 416 g/mol. The molecule has 0 aromatic heterocycles. The number of hydrogen-bond acceptors (Lipinski definition) is 8. The van der Waals surface area contributed by atoms with Crippen LogP contribution >= 0.6 is 0 Å². The maximum atomic E-state index is 12.7. The van der Waals surface area contributed by atoms with Gasteiger partial charge in [0.05, 0.1) is 17.1 Å². The number of benzene rings is 2. The van der Waals surface area contributed by atoms with Crippen molar-refractivity contribution in [1.82, 2.24) is 4.90 Å². The van der Waals surface area contributed by atoms with E-state index in [2.05, 4.69) is 20.5 Å². The molecule has 9 nitrogen and oxygen atoms in total. The molecule has 0 fully saturated rings. The number of imide groups is 1. The SMILES string of the molecule is CC1=C(C#N)C(=O)N(CCCO)C(=O)C1N=Nc1ccc(N=Nc2ccccc2)cc1. The van der Waals surface area contributed by atoms with Gasteiger partial charge in [-0.15, -0.1) is 0 Å². The van der Waals surface area contributed by atoms with Crippen molar-refractivity contribution in [2.45, 2.75) is 19.4 Å². The Balaban J connectivity index is 1.77. The third kappa shape index (κ3) is 5.12. The highest BCUT2D eigenvalue weighted by atomic mass is 16.3. The van der Waals surface area contributed by atoms with Crippen LogP contribution in [0.5, 0.6) is 0 Å². The fourth-order valence-electron chi connectivity index (χ4n) is 2.91. The molecule has 3 rings (SSSR count). The second kappa shape index (κ2) is 10.1. The summed E-state index contributed by atoms with van der Waals surface area (Å²) >= 11 is 0. The molecule has 0 spiro atoms. The van der Waals surface area contributed by atoms with Gasteiger partial charge in [0.15, 0.2) is 6.04 Å². The highest BCUT2D eigenvalue weighted by Gasteiger charge is 2.39. The molecule has 156 valence electrons. The van der Waals surface area contributed by atoms with Crippen molar-refractivity contribution in [3.05, 3.63) is 65.7 Å². The van der Waals surface area contributed by atoms with Crippen LogP contribution in [0.2, 0.25) is 0 Å². The minimum absolute atomic E-state index is 0.0137. The van der Waals surface area contributed by atoms with Gasteiger partial charge < -0.3 is 5.11 Å². The molecule has 1 aliphatic rings. The van der Waals surface area contributed by atoms with Crippen molar-refractivity contribution in [3.8, 4) is 6.07 Å². The van der Waals surface area contributed by atoms with Crippen LogP contribution in [-0.2, 0) is 9.59 Å². The Bertz CT molecular complexity index is 1080. The van der Waals surface area contributed by atoms with E-state index in [1.807, 2.05) is 36.4 Å². The Morgan fingerprint density at radius 3 is 2.13 bits per heavy atom. The number of azo groups is 2. The van der Waals surface area contributed by atoms with E-state index in [9.17, 15) is 14.9 Å². The van der Waals surface area contributed by atoms with Gasteiger partial charge in [0.2, 0.25) is 0 Å². The van der Waals surface area contributed by atoms with Crippen LogP contribution in [0.15, 0.2) is 86.2 Å². The van der Waals surface area contributed by atoms with Crippen LogP contribution in [0.25, 0.3) is 0 Å². The summed E-state index contributed by atoms with van der Waals surface area (Å²) in [5.41, 5.74) is 1.97. The van der Waals surface area contributed by atoms with E-state index in [-0.39, 0.29) is 30.7 Å². The van der Waals surface area contributed by atoms with E-state index in [0.717, 1.165) is 10.6 Å². The van der Waals surface area contributed by atoms with Gasteiger partial charge in [-0.2, -0.15) is 25.7 Å². The summed E-state index contributed by atoms with van der Waals surface area (Å²) in [6.07, 6.45) is 0.220. The van der Waals surface area contributed by atoms with E-state index < -0.39 is 17.9 Å². The first kappa shape index (κ1) is 21.7. The summed E-state index contributed by atoms with van der Waals surface area (Å²) in [7, 11) is 0. The number of hydrogen-bond donors (Lipinski definition) is 1. The summed E-state index contributed by atoms with van der Waals surface area (Å²) in [5.74, 6) is -1.23. The van der Waals surface area contributed by atoms with Gasteiger partial charge in [0.1, 0.15) is 11.6 Å². The van der Waals surface area contributed by atoms with Gasteiger partial charge in [0, 0.05) is 13.2 Å². The topological polar surface area (TPSA) is 131 Å². The molecule has 0 saturated heterocycles. The maximum Gasteiger partial charge on any atom is 0.271 e. The molecular formula is C22H20N6O3. The summed E-state index contributed by atoms with van der Waals surface area (Å²) in [6, 6.07) is 16.9. The standard InChI is InChI=1S/C22H20N6O3/c1-15-19(14-23)21(30)28(12-5-13-29)22(31)20(15)27-26-18-10-8-17(9-11-18)25-24-16-6-3-2-4-7-16/h2-4,6-11,20,29H,5,12-13H2,1H3. The first-order valence-corrected chi connectivity index (χ1v) is 9.60. The molecule has 0 aliphatic carbocycles. The summed E-state index contributed by atoms with van der Waals surface area (Å²) in [5, 5.41) is 34.8. The lowest BCUT2D eigenvalue weighted by Crippen LogP contribution is -2.48. The van der Waals surface area contributed by atoms with E-state index >= 15 is 0 Å². The van der Waals surface area contributed by atoms with Crippen molar-refractivity contribution >= 4 is 28.9 Å². The molecule has 0 radical (unpaired) electrons. The fraction of sp³-hybridized carbons (Fsp3) is 0.227. The molecule has 9 heteroatoms.